The molecule has 3 aromatic rings. The molecule has 0 saturated heterocycles. The van der Waals surface area contributed by atoms with Crippen molar-refractivity contribution in [1.82, 2.24) is 9.55 Å². The summed E-state index contributed by atoms with van der Waals surface area (Å²) in [5, 5.41) is 10.3. The van der Waals surface area contributed by atoms with E-state index in [-0.39, 0.29) is 6.42 Å². The van der Waals surface area contributed by atoms with Gasteiger partial charge in [0.1, 0.15) is 0 Å². The number of aromatic nitrogens is 2. The molecule has 0 radical (unpaired) electrons. The Morgan fingerprint density at radius 2 is 2.04 bits per heavy atom. The van der Waals surface area contributed by atoms with E-state index in [1.807, 2.05) is 6.07 Å². The molecule has 2 aromatic carbocycles. The Morgan fingerprint density at radius 3 is 2.78 bits per heavy atom. The average molecular weight is 329 g/mol. The van der Waals surface area contributed by atoms with Crippen LogP contribution in [0.2, 0.25) is 5.02 Å². The Hall–Kier alpha value is -2.66. The topological polar surface area (TPSA) is 72.2 Å². The van der Waals surface area contributed by atoms with Gasteiger partial charge in [0.25, 0.3) is 0 Å². The van der Waals surface area contributed by atoms with Gasteiger partial charge in [0, 0.05) is 10.4 Å². The van der Waals surface area contributed by atoms with E-state index >= 15 is 0 Å². The maximum Gasteiger partial charge on any atom is 0.352 e. The quantitative estimate of drug-likeness (QED) is 0.802. The second-order valence-corrected chi connectivity index (χ2v) is 5.65. The smallest absolute Gasteiger partial charge is 0.352 e. The first-order valence-electron chi connectivity index (χ1n) is 6.96. The fourth-order valence-electron chi connectivity index (χ4n) is 2.58. The van der Waals surface area contributed by atoms with Crippen molar-refractivity contribution in [2.75, 3.05) is 0 Å². The minimum atomic E-state index is -0.926. The van der Waals surface area contributed by atoms with Crippen LogP contribution < -0.4 is 5.69 Å². The first-order chi connectivity index (χ1) is 11.0. The molecule has 0 unspecified atom stereocenters. The van der Waals surface area contributed by atoms with Gasteiger partial charge in [-0.15, -0.1) is 0 Å². The van der Waals surface area contributed by atoms with Crippen LogP contribution in [-0.4, -0.2) is 20.6 Å². The van der Waals surface area contributed by atoms with Gasteiger partial charge in [-0.3, -0.25) is 9.36 Å². The highest BCUT2D eigenvalue weighted by atomic mass is 35.5. The number of hydrogen-bond acceptors (Lipinski definition) is 3. The molecule has 5 nitrogen and oxygen atoms in total. The highest BCUT2D eigenvalue weighted by molar-refractivity contribution is 6.31. The average Bonchev–Trinajstić information content (AvgIpc) is 2.46. The Bertz CT molecular complexity index is 979. The lowest BCUT2D eigenvalue weighted by atomic mass is 10.1. The second kappa shape index (κ2) is 5.85. The summed E-state index contributed by atoms with van der Waals surface area (Å²) in [5.74, 6) is -0.926. The number of carboxylic acids is 1. The van der Waals surface area contributed by atoms with Crippen molar-refractivity contribution in [1.29, 1.82) is 0 Å². The number of rotatable bonds is 3. The Kier molecular flexibility index (Phi) is 3.88. The first kappa shape index (κ1) is 15.2. The maximum absolute atomic E-state index is 12.4. The number of carboxylic acid groups (broad SMARTS) is 1. The van der Waals surface area contributed by atoms with E-state index < -0.39 is 11.7 Å². The SMILES string of the molecule is Cc1nc(=O)n(-c2cccc(CC(=O)O)c2)c2cc(Cl)ccc12. The molecule has 116 valence electrons. The fraction of sp³-hybridized carbons (Fsp3) is 0.118. The van der Waals surface area contributed by atoms with E-state index in [1.165, 1.54) is 4.57 Å². The van der Waals surface area contributed by atoms with Gasteiger partial charge in [-0.05, 0) is 42.8 Å². The van der Waals surface area contributed by atoms with Gasteiger partial charge in [0.05, 0.1) is 23.3 Å². The molecule has 3 rings (SSSR count). The van der Waals surface area contributed by atoms with Gasteiger partial charge >= 0.3 is 11.7 Å². The van der Waals surface area contributed by atoms with Crippen LogP contribution in [0.4, 0.5) is 0 Å². The highest BCUT2D eigenvalue weighted by Crippen LogP contribution is 2.22. The van der Waals surface area contributed by atoms with Crippen LogP contribution in [0.5, 0.6) is 0 Å². The lowest BCUT2D eigenvalue weighted by Crippen LogP contribution is -2.23. The Labute approximate surface area is 136 Å². The highest BCUT2D eigenvalue weighted by Gasteiger charge is 2.11. The van der Waals surface area contributed by atoms with Crippen molar-refractivity contribution in [3.05, 3.63) is 69.2 Å². The van der Waals surface area contributed by atoms with E-state index in [2.05, 4.69) is 4.98 Å². The van der Waals surface area contributed by atoms with E-state index in [9.17, 15) is 9.59 Å². The Morgan fingerprint density at radius 1 is 1.26 bits per heavy atom. The van der Waals surface area contributed by atoms with E-state index in [0.29, 0.717) is 27.5 Å². The fourth-order valence-corrected chi connectivity index (χ4v) is 2.75. The molecule has 0 aliphatic heterocycles. The molecular weight excluding hydrogens is 316 g/mol. The van der Waals surface area contributed by atoms with Crippen LogP contribution in [0, 0.1) is 6.92 Å². The summed E-state index contributed by atoms with van der Waals surface area (Å²) in [6.07, 6.45) is -0.111. The number of aliphatic carboxylic acids is 1. The maximum atomic E-state index is 12.4. The third-order valence-electron chi connectivity index (χ3n) is 3.57. The third kappa shape index (κ3) is 2.96. The lowest BCUT2D eigenvalue weighted by molar-refractivity contribution is -0.136. The molecule has 0 spiro atoms. The minimum absolute atomic E-state index is 0.111. The normalized spacial score (nSPS) is 10.9. The minimum Gasteiger partial charge on any atom is -0.481 e. The number of halogens is 1. The predicted octanol–water partition coefficient (Wildman–Crippen LogP) is 2.97. The van der Waals surface area contributed by atoms with E-state index in [0.717, 1.165) is 5.39 Å². The predicted molar refractivity (Wildman–Crippen MR) is 88.4 cm³/mol. The van der Waals surface area contributed by atoms with Gasteiger partial charge in [0.15, 0.2) is 0 Å². The van der Waals surface area contributed by atoms with Crippen molar-refractivity contribution in [2.24, 2.45) is 0 Å². The van der Waals surface area contributed by atoms with Gasteiger partial charge in [-0.25, -0.2) is 4.79 Å². The number of hydrogen-bond donors (Lipinski definition) is 1. The molecule has 0 amide bonds. The molecule has 1 heterocycles. The third-order valence-corrected chi connectivity index (χ3v) is 3.80. The molecule has 1 N–H and O–H groups in total. The molecular formula is C17H13ClN2O3. The van der Waals surface area contributed by atoms with Crippen molar-refractivity contribution in [3.63, 3.8) is 0 Å². The molecule has 0 atom stereocenters. The number of aryl methyl sites for hydroxylation is 1. The number of benzene rings is 2. The van der Waals surface area contributed by atoms with Crippen molar-refractivity contribution >= 4 is 28.5 Å². The summed E-state index contributed by atoms with van der Waals surface area (Å²) in [7, 11) is 0. The summed E-state index contributed by atoms with van der Waals surface area (Å²) >= 11 is 6.07. The molecule has 6 heteroatoms. The monoisotopic (exact) mass is 328 g/mol. The van der Waals surface area contributed by atoms with Crippen LogP contribution in [0.15, 0.2) is 47.3 Å². The van der Waals surface area contributed by atoms with E-state index in [4.69, 9.17) is 16.7 Å². The van der Waals surface area contributed by atoms with Gasteiger partial charge in [-0.1, -0.05) is 23.7 Å². The van der Waals surface area contributed by atoms with E-state index in [1.54, 1.807) is 43.3 Å². The van der Waals surface area contributed by atoms with Crippen LogP contribution >= 0.6 is 11.6 Å². The first-order valence-corrected chi connectivity index (χ1v) is 7.33. The van der Waals surface area contributed by atoms with Crippen molar-refractivity contribution < 1.29 is 9.90 Å². The molecule has 0 fully saturated rings. The van der Waals surface area contributed by atoms with Crippen LogP contribution in [0.25, 0.3) is 16.6 Å². The summed E-state index contributed by atoms with van der Waals surface area (Å²) in [6.45, 7) is 1.77. The van der Waals surface area contributed by atoms with Gasteiger partial charge in [-0.2, -0.15) is 4.98 Å². The van der Waals surface area contributed by atoms with Crippen molar-refractivity contribution in [2.45, 2.75) is 13.3 Å². The molecule has 0 aliphatic carbocycles. The summed E-state index contributed by atoms with van der Waals surface area (Å²) in [6, 6.07) is 12.1. The zero-order valence-electron chi connectivity index (χ0n) is 12.3. The standard InChI is InChI=1S/C17H13ClN2O3/c1-10-14-6-5-12(18)9-15(14)20(17(23)19-10)13-4-2-3-11(7-13)8-16(21)22/h2-7,9H,8H2,1H3,(H,21,22). The van der Waals surface area contributed by atoms with Gasteiger partial charge < -0.3 is 5.11 Å². The second-order valence-electron chi connectivity index (χ2n) is 5.22. The molecule has 0 bridgehead atoms. The molecule has 0 saturated carbocycles. The zero-order chi connectivity index (χ0) is 16.6. The molecule has 23 heavy (non-hydrogen) atoms. The van der Waals surface area contributed by atoms with Crippen LogP contribution in [-0.2, 0) is 11.2 Å². The molecule has 0 aliphatic rings. The number of nitrogens with zero attached hydrogens (tertiary/aromatic N) is 2. The largest absolute Gasteiger partial charge is 0.481 e. The zero-order valence-corrected chi connectivity index (χ0v) is 13.0. The number of carbonyl (C=O) groups is 1. The number of fused-ring (bicyclic) bond motifs is 1. The summed E-state index contributed by atoms with van der Waals surface area (Å²) < 4.78 is 1.44. The van der Waals surface area contributed by atoms with Crippen LogP contribution in [0.1, 0.15) is 11.3 Å². The van der Waals surface area contributed by atoms with Crippen molar-refractivity contribution in [3.8, 4) is 5.69 Å². The van der Waals surface area contributed by atoms with Crippen LogP contribution in [0.3, 0.4) is 0 Å². The van der Waals surface area contributed by atoms with Gasteiger partial charge in [0.2, 0.25) is 0 Å². The lowest BCUT2D eigenvalue weighted by Gasteiger charge is -2.12. The summed E-state index contributed by atoms with van der Waals surface area (Å²) in [4.78, 5) is 27.3. The molecule has 1 aromatic heterocycles. The Balaban J connectivity index is 2.30. The summed E-state index contributed by atoms with van der Waals surface area (Å²) in [5.41, 5.74) is 2.01.